The number of carbonyl (C=O) groups is 12. The van der Waals surface area contributed by atoms with Gasteiger partial charge in [-0.15, -0.1) is 0 Å². The Kier molecular flexibility index (Phi) is 33.5. The molecule has 0 rings (SSSR count). The van der Waals surface area contributed by atoms with Gasteiger partial charge in [0.1, 0.15) is 60.4 Å². The van der Waals surface area contributed by atoms with Crippen LogP contribution in [0.4, 0.5) is 0 Å². The predicted octanol–water partition coefficient (Wildman–Crippen LogP) is -9.06. The maximum absolute atomic E-state index is 14.1. The highest BCUT2D eigenvalue weighted by molar-refractivity contribution is 7.80. The largest absolute Gasteiger partial charge is 0.480 e. The van der Waals surface area contributed by atoms with Crippen molar-refractivity contribution in [1.82, 2.24) is 47.9 Å². The summed E-state index contributed by atoms with van der Waals surface area (Å²) in [5.74, 6) is -15.4. The molecular formula is C45H82N18O15S2. The molecule has 0 saturated heterocycles. The highest BCUT2D eigenvalue weighted by Crippen LogP contribution is 2.11. The number of aliphatic hydroxyl groups is 2. The van der Waals surface area contributed by atoms with Crippen molar-refractivity contribution in [3.63, 3.8) is 0 Å². The van der Waals surface area contributed by atoms with E-state index in [2.05, 4.69) is 77.8 Å². The van der Waals surface area contributed by atoms with Crippen LogP contribution in [0.25, 0.3) is 0 Å². The molecule has 11 amide bonds. The van der Waals surface area contributed by atoms with Crippen molar-refractivity contribution in [1.29, 1.82) is 0 Å². The first-order valence-electron chi connectivity index (χ1n) is 25.1. The number of aliphatic hydroxyl groups excluding tert-OH is 2. The quantitative estimate of drug-likeness (QED) is 0.0118. The monoisotopic (exact) mass is 1180 g/mol. The maximum atomic E-state index is 14.1. The lowest BCUT2D eigenvalue weighted by Gasteiger charge is -2.29. The van der Waals surface area contributed by atoms with E-state index >= 15 is 0 Å². The number of aliphatic imine (C=N–C) groups is 2. The fraction of sp³-hybridized carbons (Fsp3) is 0.689. The van der Waals surface area contributed by atoms with Gasteiger partial charge >= 0.3 is 5.97 Å². The van der Waals surface area contributed by atoms with E-state index in [9.17, 15) is 72.9 Å². The number of guanidine groups is 2. The Labute approximate surface area is 473 Å². The van der Waals surface area contributed by atoms with Crippen LogP contribution in [0.1, 0.15) is 86.5 Å². The number of carboxylic acids is 1. The molecule has 0 radical (unpaired) electrons. The Morgan fingerprint density at radius 3 is 1.19 bits per heavy atom. The zero-order chi connectivity index (χ0) is 61.7. The first kappa shape index (κ1) is 72.8. The number of nitrogens with one attached hydrogen (secondary N) is 9. The van der Waals surface area contributed by atoms with Crippen LogP contribution in [0.3, 0.4) is 0 Å². The third-order valence-corrected chi connectivity index (χ3v) is 12.0. The molecule has 0 aromatic carbocycles. The van der Waals surface area contributed by atoms with Crippen LogP contribution >= 0.6 is 25.3 Å². The molecule has 0 spiro atoms. The molecule has 0 aromatic heterocycles. The van der Waals surface area contributed by atoms with E-state index in [1.165, 1.54) is 20.8 Å². The van der Waals surface area contributed by atoms with Gasteiger partial charge in [0.05, 0.1) is 25.0 Å². The summed E-state index contributed by atoms with van der Waals surface area (Å²) in [5.41, 5.74) is 38.0. The van der Waals surface area contributed by atoms with Gasteiger partial charge < -0.3 is 103 Å². The summed E-state index contributed by atoms with van der Waals surface area (Å²) in [7, 11) is 0. The summed E-state index contributed by atoms with van der Waals surface area (Å²) in [6.45, 7) is 8.74. The summed E-state index contributed by atoms with van der Waals surface area (Å²) >= 11 is 8.31. The predicted molar refractivity (Wildman–Crippen MR) is 296 cm³/mol. The van der Waals surface area contributed by atoms with Crippen LogP contribution in [0, 0.1) is 11.8 Å². The Bertz CT molecular complexity index is 2220. The number of thiol groups is 2. The third kappa shape index (κ3) is 28.1. The number of carbonyl (C=O) groups excluding carboxylic acids is 11. The molecule has 80 heavy (non-hydrogen) atoms. The number of amides is 11. The van der Waals surface area contributed by atoms with Crippen LogP contribution in [0.2, 0.25) is 0 Å². The van der Waals surface area contributed by atoms with Crippen LogP contribution in [0.5, 0.6) is 0 Å². The lowest BCUT2D eigenvalue weighted by molar-refractivity contribution is -0.144. The summed E-state index contributed by atoms with van der Waals surface area (Å²) in [6.07, 6.45) is -4.81. The topological polar surface area (TPSA) is 581 Å². The first-order chi connectivity index (χ1) is 37.2. The van der Waals surface area contributed by atoms with Gasteiger partial charge in [-0.1, -0.05) is 27.7 Å². The molecule has 0 saturated carbocycles. The Hall–Kier alpha value is -7.24. The summed E-state index contributed by atoms with van der Waals surface area (Å²) in [4.78, 5) is 165. The number of rotatable bonds is 38. The van der Waals surface area contributed by atoms with Crippen molar-refractivity contribution in [2.45, 2.75) is 159 Å². The van der Waals surface area contributed by atoms with Gasteiger partial charge in [-0.3, -0.25) is 62.7 Å². The lowest BCUT2D eigenvalue weighted by atomic mass is 10.0. The molecule has 0 unspecified atom stereocenters. The molecule has 0 fully saturated rings. The van der Waals surface area contributed by atoms with Crippen molar-refractivity contribution >= 4 is 108 Å². The minimum Gasteiger partial charge on any atom is -0.480 e. The Morgan fingerprint density at radius 2 is 0.775 bits per heavy atom. The van der Waals surface area contributed by atoms with Gasteiger partial charge in [0.2, 0.25) is 65.0 Å². The number of carboxylic acid groups (broad SMARTS) is 1. The highest BCUT2D eigenvalue weighted by atomic mass is 32.1. The molecule has 0 heterocycles. The Balaban J connectivity index is 6.70. The molecule has 26 N–H and O–H groups in total. The molecule has 12 atom stereocenters. The highest BCUT2D eigenvalue weighted by Gasteiger charge is 2.37. The maximum Gasteiger partial charge on any atom is 0.326 e. The molecule has 0 aliphatic rings. The number of hydrogen-bond acceptors (Lipinski definition) is 19. The fourth-order valence-corrected chi connectivity index (χ4v) is 7.51. The van der Waals surface area contributed by atoms with Gasteiger partial charge in [0, 0.05) is 24.6 Å². The van der Waals surface area contributed by atoms with E-state index in [1.807, 2.05) is 5.32 Å². The fourth-order valence-electron chi connectivity index (χ4n) is 6.99. The number of hydrogen-bond donors (Lipinski definition) is 21. The van der Waals surface area contributed by atoms with E-state index in [0.29, 0.717) is 0 Å². The molecular weight excluding hydrogens is 1100 g/mol. The number of nitrogens with zero attached hydrogens (tertiary/aromatic N) is 2. The molecule has 0 bridgehead atoms. The zero-order valence-corrected chi connectivity index (χ0v) is 47.2. The summed E-state index contributed by atoms with van der Waals surface area (Å²) in [5, 5.41) is 50.8. The van der Waals surface area contributed by atoms with Crippen molar-refractivity contribution in [3.8, 4) is 0 Å². The van der Waals surface area contributed by atoms with Gasteiger partial charge in [-0.25, -0.2) is 4.79 Å². The van der Waals surface area contributed by atoms with E-state index in [0.717, 1.165) is 6.92 Å². The van der Waals surface area contributed by atoms with Gasteiger partial charge in [0.25, 0.3) is 0 Å². The lowest BCUT2D eigenvalue weighted by Crippen LogP contribution is -2.62. The molecule has 0 aromatic rings. The van der Waals surface area contributed by atoms with Crippen LogP contribution in [-0.2, 0) is 57.5 Å². The number of nitrogens with two attached hydrogens (primary N) is 7. The van der Waals surface area contributed by atoms with Gasteiger partial charge in [-0.2, -0.15) is 25.3 Å². The smallest absolute Gasteiger partial charge is 0.326 e. The summed E-state index contributed by atoms with van der Waals surface area (Å²) in [6, 6.07) is -15.7. The molecule has 35 heteroatoms. The normalized spacial score (nSPS) is 15.6. The average Bonchev–Trinajstić information content (AvgIpc) is 3.34. The van der Waals surface area contributed by atoms with Crippen molar-refractivity contribution in [2.24, 2.45) is 62.0 Å². The zero-order valence-electron chi connectivity index (χ0n) is 45.4. The van der Waals surface area contributed by atoms with Crippen LogP contribution in [0.15, 0.2) is 9.98 Å². The van der Waals surface area contributed by atoms with Crippen LogP contribution in [-0.4, -0.2) is 195 Å². The molecule has 454 valence electrons. The Morgan fingerprint density at radius 1 is 0.438 bits per heavy atom. The molecule has 0 aliphatic carbocycles. The van der Waals surface area contributed by atoms with E-state index < -0.39 is 168 Å². The molecule has 0 aliphatic heterocycles. The van der Waals surface area contributed by atoms with E-state index in [-0.39, 0.29) is 68.8 Å². The van der Waals surface area contributed by atoms with Crippen LogP contribution < -0.4 is 88.0 Å². The van der Waals surface area contributed by atoms with Crippen molar-refractivity contribution in [3.05, 3.63) is 0 Å². The number of primary amides is 2. The van der Waals surface area contributed by atoms with Gasteiger partial charge in [-0.05, 0) is 57.8 Å². The number of aliphatic carboxylic acids is 1. The minimum absolute atomic E-state index is 0.0170. The summed E-state index contributed by atoms with van der Waals surface area (Å²) < 4.78 is 0. The van der Waals surface area contributed by atoms with Crippen molar-refractivity contribution < 1.29 is 72.9 Å². The SMILES string of the molecule is CC(C)C[C@H](NC(=O)[C@H](CS)NC(=O)[C@H](CCCN=C(N)N)NC(=O)[C@@H](N)[C@@H](C)O)C(=O)N[C@@H](CC(N)=O)C(=O)N[C@@H](CCCN=C(N)N)C(=O)N[C@H](C(=O)N[C@@H](CS)C(=O)N[C@H](C(=O)N[C@@H](CC(N)=O)C(=O)O)[C@@H](C)O)C(C)C. The minimum atomic E-state index is -1.82. The first-order valence-corrected chi connectivity index (χ1v) is 26.4. The third-order valence-electron chi connectivity index (χ3n) is 11.3. The van der Waals surface area contributed by atoms with Crippen molar-refractivity contribution in [2.75, 3.05) is 24.6 Å². The molecule has 33 nitrogen and oxygen atoms in total. The standard InChI is InChI=1S/C45H82N18O15S2/c1-18(2)13-24(57-38(72)27(16-79)60-34(68)22(9-7-11-53-44(49)50)56-40(74)31(48)20(5)64)36(70)58-25(14-29(46)66)37(71)55-23(10-8-12-54-45(51)52)35(69)62-32(19(3)4)41(75)61-28(17-80)39(73)63-33(21(6)65)42(76)59-26(43(77)78)15-30(47)67/h18-28,31-33,64-65,79-80H,7-17,48H2,1-6H3,(H2,46,66)(H2,47,67)(H,55,71)(H,56,74)(H,57,72)(H,58,70)(H,59,76)(H,60,68)(H,61,75)(H,62,69)(H,63,73)(H,77,78)(H4,49,50,53)(H4,51,52,54)/t20-,21-,22+,23+,24+,25+,26+,27+,28+,31+,32+,33+/m1/s1. The van der Waals surface area contributed by atoms with E-state index in [1.54, 1.807) is 13.8 Å². The second-order valence-corrected chi connectivity index (χ2v) is 20.0. The second kappa shape index (κ2) is 36.8. The second-order valence-electron chi connectivity index (χ2n) is 19.2. The average molecular weight is 1180 g/mol. The van der Waals surface area contributed by atoms with Gasteiger partial charge in [0.15, 0.2) is 11.9 Å². The van der Waals surface area contributed by atoms with E-state index in [4.69, 9.17) is 40.1 Å².